The third-order valence-electron chi connectivity index (χ3n) is 2.80. The Kier molecular flexibility index (Phi) is 2.73. The van der Waals surface area contributed by atoms with Crippen LogP contribution in [0.1, 0.15) is 16.8 Å². The molecule has 0 N–H and O–H groups in total. The van der Waals surface area contributed by atoms with Crippen molar-refractivity contribution in [3.63, 3.8) is 0 Å². The Labute approximate surface area is 112 Å². The Morgan fingerprint density at radius 2 is 2.06 bits per heavy atom. The lowest BCUT2D eigenvalue weighted by molar-refractivity contribution is 1.13. The first kappa shape index (κ1) is 10.9. The molecule has 0 unspecified atom stereocenters. The fourth-order valence-corrected chi connectivity index (χ4v) is 2.58. The normalized spacial score (nSPS) is 13.4. The van der Waals surface area contributed by atoms with Crippen LogP contribution < -0.4 is 0 Å². The topological polar surface area (TPSA) is 25.8 Å². The summed E-state index contributed by atoms with van der Waals surface area (Å²) in [5, 5.41) is 0.272. The quantitative estimate of drug-likeness (QED) is 0.747. The molecule has 0 saturated heterocycles. The SMILES string of the molecule is Clc1ncc(Br)c(C2=CCc3ccccc32)n1. The van der Waals surface area contributed by atoms with Crippen LogP contribution in [0.5, 0.6) is 0 Å². The number of benzene rings is 1. The number of aromatic nitrogens is 2. The second-order valence-electron chi connectivity index (χ2n) is 3.81. The molecule has 0 fully saturated rings. The van der Waals surface area contributed by atoms with Crippen molar-refractivity contribution in [2.75, 3.05) is 0 Å². The molecule has 0 atom stereocenters. The van der Waals surface area contributed by atoms with Gasteiger partial charge in [0.25, 0.3) is 0 Å². The van der Waals surface area contributed by atoms with Crippen LogP contribution in [-0.4, -0.2) is 9.97 Å². The average molecular weight is 308 g/mol. The van der Waals surface area contributed by atoms with Gasteiger partial charge in [0.1, 0.15) is 0 Å². The zero-order chi connectivity index (χ0) is 11.8. The monoisotopic (exact) mass is 306 g/mol. The van der Waals surface area contributed by atoms with Gasteiger partial charge in [-0.15, -0.1) is 0 Å². The van der Waals surface area contributed by atoms with Crippen LogP contribution in [0.25, 0.3) is 5.57 Å². The number of hydrogen-bond donors (Lipinski definition) is 0. The van der Waals surface area contributed by atoms with Crippen molar-refractivity contribution in [2.24, 2.45) is 0 Å². The maximum atomic E-state index is 5.85. The summed E-state index contributed by atoms with van der Waals surface area (Å²) in [6.45, 7) is 0. The highest BCUT2D eigenvalue weighted by atomic mass is 79.9. The molecule has 0 spiro atoms. The van der Waals surface area contributed by atoms with E-state index in [4.69, 9.17) is 11.6 Å². The lowest BCUT2D eigenvalue weighted by Crippen LogP contribution is -1.94. The minimum absolute atomic E-state index is 0.272. The molecule has 84 valence electrons. The Morgan fingerprint density at radius 1 is 1.24 bits per heavy atom. The molecule has 17 heavy (non-hydrogen) atoms. The summed E-state index contributed by atoms with van der Waals surface area (Å²) in [6, 6.07) is 8.33. The molecule has 1 aliphatic carbocycles. The highest BCUT2D eigenvalue weighted by Crippen LogP contribution is 2.34. The van der Waals surface area contributed by atoms with Gasteiger partial charge < -0.3 is 0 Å². The third-order valence-corrected chi connectivity index (χ3v) is 3.57. The summed E-state index contributed by atoms with van der Waals surface area (Å²) >= 11 is 9.32. The number of hydrogen-bond acceptors (Lipinski definition) is 2. The van der Waals surface area contributed by atoms with Gasteiger partial charge in [0.2, 0.25) is 5.28 Å². The lowest BCUT2D eigenvalue weighted by atomic mass is 10.0. The summed E-state index contributed by atoms with van der Waals surface area (Å²) in [7, 11) is 0. The third kappa shape index (κ3) is 1.90. The molecule has 1 heterocycles. The Balaban J connectivity index is 2.16. The van der Waals surface area contributed by atoms with Crippen molar-refractivity contribution < 1.29 is 0 Å². The van der Waals surface area contributed by atoms with Crippen molar-refractivity contribution in [2.45, 2.75) is 6.42 Å². The summed E-state index contributed by atoms with van der Waals surface area (Å²) in [5.41, 5.74) is 4.53. The molecule has 4 heteroatoms. The van der Waals surface area contributed by atoms with E-state index in [1.165, 1.54) is 11.1 Å². The van der Waals surface area contributed by atoms with Crippen molar-refractivity contribution >= 4 is 33.1 Å². The first-order chi connectivity index (χ1) is 8.25. The Bertz CT molecular complexity index is 623. The van der Waals surface area contributed by atoms with Gasteiger partial charge in [-0.3, -0.25) is 0 Å². The van der Waals surface area contributed by atoms with E-state index < -0.39 is 0 Å². The Hall–Kier alpha value is -1.19. The van der Waals surface area contributed by atoms with Crippen LogP contribution in [0.15, 0.2) is 41.0 Å². The fourth-order valence-electron chi connectivity index (χ4n) is 2.04. The summed E-state index contributed by atoms with van der Waals surface area (Å²) in [5.74, 6) is 0. The Morgan fingerprint density at radius 3 is 2.94 bits per heavy atom. The van der Waals surface area contributed by atoms with Crippen molar-refractivity contribution in [3.05, 3.63) is 63.1 Å². The van der Waals surface area contributed by atoms with E-state index in [0.29, 0.717) is 0 Å². The van der Waals surface area contributed by atoms with Crippen molar-refractivity contribution in [1.29, 1.82) is 0 Å². The van der Waals surface area contributed by atoms with Gasteiger partial charge in [0.15, 0.2) is 0 Å². The molecule has 2 nitrogen and oxygen atoms in total. The molecule has 0 amide bonds. The summed E-state index contributed by atoms with van der Waals surface area (Å²) in [4.78, 5) is 8.24. The van der Waals surface area contributed by atoms with E-state index >= 15 is 0 Å². The van der Waals surface area contributed by atoms with E-state index in [1.807, 2.05) is 6.07 Å². The molecule has 0 radical (unpaired) electrons. The molecule has 0 saturated carbocycles. The number of fused-ring (bicyclic) bond motifs is 1. The number of rotatable bonds is 1. The maximum absolute atomic E-state index is 5.85. The highest BCUT2D eigenvalue weighted by molar-refractivity contribution is 9.10. The molecule has 1 aromatic carbocycles. The predicted octanol–water partition coefficient (Wildman–Crippen LogP) is 3.88. The molecular weight excluding hydrogens is 300 g/mol. The van der Waals surface area contributed by atoms with Crippen LogP contribution in [0.4, 0.5) is 0 Å². The minimum atomic E-state index is 0.272. The minimum Gasteiger partial charge on any atom is -0.225 e. The van der Waals surface area contributed by atoms with Gasteiger partial charge in [-0.1, -0.05) is 30.3 Å². The number of allylic oxidation sites excluding steroid dienone is 1. The van der Waals surface area contributed by atoms with Gasteiger partial charge >= 0.3 is 0 Å². The second kappa shape index (κ2) is 4.24. The van der Waals surface area contributed by atoms with Gasteiger partial charge in [-0.25, -0.2) is 9.97 Å². The summed E-state index contributed by atoms with van der Waals surface area (Å²) in [6.07, 6.45) is 4.81. The standard InChI is InChI=1S/C13H8BrClN2/c14-11-7-16-13(15)17-12(11)10-6-5-8-3-1-2-4-9(8)10/h1-4,6-7H,5H2. The van der Waals surface area contributed by atoms with Crippen LogP contribution in [0, 0.1) is 0 Å². The highest BCUT2D eigenvalue weighted by Gasteiger charge is 2.18. The molecule has 0 bridgehead atoms. The van der Waals surface area contributed by atoms with Crippen LogP contribution in [0.2, 0.25) is 5.28 Å². The van der Waals surface area contributed by atoms with E-state index in [9.17, 15) is 0 Å². The largest absolute Gasteiger partial charge is 0.225 e. The average Bonchev–Trinajstić information content (AvgIpc) is 2.76. The van der Waals surface area contributed by atoms with E-state index in [-0.39, 0.29) is 5.28 Å². The van der Waals surface area contributed by atoms with Gasteiger partial charge in [0, 0.05) is 11.8 Å². The molecule has 3 rings (SSSR count). The molecule has 1 aromatic heterocycles. The van der Waals surface area contributed by atoms with E-state index in [0.717, 1.165) is 22.2 Å². The van der Waals surface area contributed by atoms with Gasteiger partial charge in [-0.05, 0) is 45.1 Å². The number of nitrogens with zero attached hydrogens (tertiary/aromatic N) is 2. The van der Waals surface area contributed by atoms with Crippen molar-refractivity contribution in [1.82, 2.24) is 9.97 Å². The predicted molar refractivity (Wildman–Crippen MR) is 72.0 cm³/mol. The molecular formula is C13H8BrClN2. The van der Waals surface area contributed by atoms with Crippen LogP contribution in [0.3, 0.4) is 0 Å². The van der Waals surface area contributed by atoms with E-state index in [2.05, 4.69) is 50.2 Å². The smallest absolute Gasteiger partial charge is 0.222 e. The van der Waals surface area contributed by atoms with Gasteiger partial charge in [0.05, 0.1) is 10.2 Å². The zero-order valence-corrected chi connectivity index (χ0v) is 11.2. The van der Waals surface area contributed by atoms with Crippen molar-refractivity contribution in [3.8, 4) is 0 Å². The molecule has 1 aliphatic rings. The van der Waals surface area contributed by atoms with Crippen LogP contribution in [-0.2, 0) is 6.42 Å². The lowest BCUT2D eigenvalue weighted by Gasteiger charge is -2.07. The molecule has 0 aliphatic heterocycles. The summed E-state index contributed by atoms with van der Waals surface area (Å²) < 4.78 is 0.866. The van der Waals surface area contributed by atoms with Gasteiger partial charge in [-0.2, -0.15) is 0 Å². The first-order valence-electron chi connectivity index (χ1n) is 5.22. The maximum Gasteiger partial charge on any atom is 0.222 e. The fraction of sp³-hybridized carbons (Fsp3) is 0.0769. The first-order valence-corrected chi connectivity index (χ1v) is 6.39. The number of halogens is 2. The zero-order valence-electron chi connectivity index (χ0n) is 8.82. The second-order valence-corrected chi connectivity index (χ2v) is 5.01. The van der Waals surface area contributed by atoms with E-state index in [1.54, 1.807) is 6.20 Å². The molecule has 2 aromatic rings. The van der Waals surface area contributed by atoms with Crippen LogP contribution >= 0.6 is 27.5 Å².